The van der Waals surface area contributed by atoms with E-state index in [1.165, 1.54) is 18.4 Å². The number of unbranched alkanes of at least 4 members (excludes halogenated alkanes) is 1. The number of hydrogen-bond acceptors (Lipinski definition) is 1. The van der Waals surface area contributed by atoms with E-state index in [2.05, 4.69) is 19.1 Å². The summed E-state index contributed by atoms with van der Waals surface area (Å²) in [6, 6.07) is 10.5. The first-order valence-electron chi connectivity index (χ1n) is 4.65. The van der Waals surface area contributed by atoms with Crippen LogP contribution >= 0.6 is 12.4 Å². The van der Waals surface area contributed by atoms with Crippen molar-refractivity contribution < 1.29 is 0 Å². The Labute approximate surface area is 86.7 Å². The van der Waals surface area contributed by atoms with Gasteiger partial charge in [-0.3, -0.25) is 0 Å². The molecule has 0 fully saturated rings. The lowest BCUT2D eigenvalue weighted by molar-refractivity contribution is 0.603. The first-order valence-corrected chi connectivity index (χ1v) is 4.65. The number of rotatable bonds is 4. The normalized spacial score (nSPS) is 11.8. The van der Waals surface area contributed by atoms with E-state index in [4.69, 9.17) is 5.73 Å². The van der Waals surface area contributed by atoms with Gasteiger partial charge in [0.2, 0.25) is 0 Å². The molecule has 0 aliphatic heterocycles. The molecule has 2 heteroatoms. The van der Waals surface area contributed by atoms with Crippen LogP contribution in [0.25, 0.3) is 0 Å². The SMILES string of the molecule is CCCC[C@@H](N)c1ccccc1.Cl. The quantitative estimate of drug-likeness (QED) is 0.792. The van der Waals surface area contributed by atoms with Crippen molar-refractivity contribution in [1.82, 2.24) is 0 Å². The Morgan fingerprint density at radius 2 is 1.85 bits per heavy atom. The zero-order valence-corrected chi connectivity index (χ0v) is 8.89. The first kappa shape index (κ1) is 12.5. The summed E-state index contributed by atoms with van der Waals surface area (Å²) in [7, 11) is 0. The summed E-state index contributed by atoms with van der Waals surface area (Å²) >= 11 is 0. The van der Waals surface area contributed by atoms with Gasteiger partial charge < -0.3 is 5.73 Å². The summed E-state index contributed by atoms with van der Waals surface area (Å²) in [6.07, 6.45) is 3.54. The highest BCUT2D eigenvalue weighted by Gasteiger charge is 2.02. The highest BCUT2D eigenvalue weighted by molar-refractivity contribution is 5.85. The van der Waals surface area contributed by atoms with Gasteiger partial charge in [0.15, 0.2) is 0 Å². The summed E-state index contributed by atoms with van der Waals surface area (Å²) in [4.78, 5) is 0. The van der Waals surface area contributed by atoms with Gasteiger partial charge in [-0.1, -0.05) is 50.1 Å². The summed E-state index contributed by atoms with van der Waals surface area (Å²) in [5.41, 5.74) is 7.24. The average Bonchev–Trinajstić information content (AvgIpc) is 2.15. The molecule has 1 aromatic carbocycles. The van der Waals surface area contributed by atoms with Crippen LogP contribution in [0.1, 0.15) is 37.8 Å². The molecule has 0 amide bonds. The fraction of sp³-hybridized carbons (Fsp3) is 0.455. The maximum Gasteiger partial charge on any atom is 0.0294 e. The Kier molecular flexibility index (Phi) is 6.65. The third-order valence-corrected chi connectivity index (χ3v) is 2.10. The fourth-order valence-electron chi connectivity index (χ4n) is 1.29. The second-order valence-electron chi connectivity index (χ2n) is 3.16. The molecule has 1 rings (SSSR count). The fourth-order valence-corrected chi connectivity index (χ4v) is 1.29. The number of halogens is 1. The third kappa shape index (κ3) is 4.30. The van der Waals surface area contributed by atoms with E-state index in [1.807, 2.05) is 18.2 Å². The third-order valence-electron chi connectivity index (χ3n) is 2.10. The van der Waals surface area contributed by atoms with Gasteiger partial charge in [-0.15, -0.1) is 12.4 Å². The lowest BCUT2D eigenvalue weighted by Gasteiger charge is -2.10. The van der Waals surface area contributed by atoms with E-state index >= 15 is 0 Å². The minimum Gasteiger partial charge on any atom is -0.324 e. The Bertz CT molecular complexity index is 211. The van der Waals surface area contributed by atoms with E-state index in [0.29, 0.717) is 0 Å². The van der Waals surface area contributed by atoms with Crippen LogP contribution in [0.5, 0.6) is 0 Å². The van der Waals surface area contributed by atoms with Crippen LogP contribution < -0.4 is 5.73 Å². The monoisotopic (exact) mass is 199 g/mol. The van der Waals surface area contributed by atoms with E-state index in [1.54, 1.807) is 0 Å². The summed E-state index contributed by atoms with van der Waals surface area (Å²) in [5.74, 6) is 0. The molecule has 1 nitrogen and oxygen atoms in total. The molecular formula is C11H18ClN. The van der Waals surface area contributed by atoms with Crippen molar-refractivity contribution in [2.75, 3.05) is 0 Å². The Morgan fingerprint density at radius 1 is 1.23 bits per heavy atom. The van der Waals surface area contributed by atoms with Crippen LogP contribution in [0, 0.1) is 0 Å². The molecule has 13 heavy (non-hydrogen) atoms. The predicted octanol–water partition coefficient (Wildman–Crippen LogP) is 3.30. The van der Waals surface area contributed by atoms with E-state index in [-0.39, 0.29) is 18.4 Å². The molecule has 0 heterocycles. The van der Waals surface area contributed by atoms with Crippen LogP contribution in [-0.2, 0) is 0 Å². The summed E-state index contributed by atoms with van der Waals surface area (Å²) in [6.45, 7) is 2.19. The second-order valence-corrected chi connectivity index (χ2v) is 3.16. The average molecular weight is 200 g/mol. The molecule has 0 radical (unpaired) electrons. The minimum atomic E-state index is 0. The first-order chi connectivity index (χ1) is 5.84. The van der Waals surface area contributed by atoms with Gasteiger partial charge in [0.05, 0.1) is 0 Å². The Morgan fingerprint density at radius 3 is 2.38 bits per heavy atom. The number of nitrogens with two attached hydrogens (primary N) is 1. The van der Waals surface area contributed by atoms with Crippen molar-refractivity contribution in [3.8, 4) is 0 Å². The molecule has 0 spiro atoms. The molecule has 0 unspecified atom stereocenters. The number of hydrogen-bond donors (Lipinski definition) is 1. The second kappa shape index (κ2) is 6.93. The topological polar surface area (TPSA) is 26.0 Å². The Hall–Kier alpha value is -0.530. The molecule has 74 valence electrons. The van der Waals surface area contributed by atoms with Gasteiger partial charge in [0.1, 0.15) is 0 Å². The predicted molar refractivity (Wildman–Crippen MR) is 60.1 cm³/mol. The van der Waals surface area contributed by atoms with E-state index in [0.717, 1.165) is 6.42 Å². The molecule has 0 saturated carbocycles. The van der Waals surface area contributed by atoms with Crippen molar-refractivity contribution in [3.05, 3.63) is 35.9 Å². The van der Waals surface area contributed by atoms with Gasteiger partial charge >= 0.3 is 0 Å². The molecule has 0 aliphatic carbocycles. The molecule has 1 atom stereocenters. The van der Waals surface area contributed by atoms with Gasteiger partial charge in [0, 0.05) is 6.04 Å². The van der Waals surface area contributed by atoms with Gasteiger partial charge in [-0.25, -0.2) is 0 Å². The maximum atomic E-state index is 5.98. The van der Waals surface area contributed by atoms with Gasteiger partial charge in [0.25, 0.3) is 0 Å². The molecule has 2 N–H and O–H groups in total. The molecular weight excluding hydrogens is 182 g/mol. The largest absolute Gasteiger partial charge is 0.324 e. The van der Waals surface area contributed by atoms with E-state index in [9.17, 15) is 0 Å². The standard InChI is InChI=1S/C11H17N.ClH/c1-2-3-9-11(12)10-7-5-4-6-8-10;/h4-8,11H,2-3,9,12H2,1H3;1H/t11-;/m1./s1. The number of benzene rings is 1. The van der Waals surface area contributed by atoms with Crippen LogP contribution in [0.3, 0.4) is 0 Å². The lowest BCUT2D eigenvalue weighted by atomic mass is 10.0. The molecule has 1 aromatic rings. The van der Waals surface area contributed by atoms with Crippen LogP contribution in [0.2, 0.25) is 0 Å². The Balaban J connectivity index is 0.00000144. The van der Waals surface area contributed by atoms with Crippen LogP contribution in [-0.4, -0.2) is 0 Å². The van der Waals surface area contributed by atoms with Crippen molar-refractivity contribution in [2.24, 2.45) is 5.73 Å². The zero-order valence-electron chi connectivity index (χ0n) is 8.07. The molecule has 0 bridgehead atoms. The van der Waals surface area contributed by atoms with Crippen molar-refractivity contribution in [1.29, 1.82) is 0 Å². The van der Waals surface area contributed by atoms with Crippen molar-refractivity contribution >= 4 is 12.4 Å². The molecule has 0 aromatic heterocycles. The van der Waals surface area contributed by atoms with Crippen molar-refractivity contribution in [3.63, 3.8) is 0 Å². The zero-order chi connectivity index (χ0) is 8.81. The van der Waals surface area contributed by atoms with Crippen molar-refractivity contribution in [2.45, 2.75) is 32.2 Å². The van der Waals surface area contributed by atoms with Gasteiger partial charge in [-0.2, -0.15) is 0 Å². The smallest absolute Gasteiger partial charge is 0.0294 e. The van der Waals surface area contributed by atoms with E-state index < -0.39 is 0 Å². The van der Waals surface area contributed by atoms with Crippen LogP contribution in [0.4, 0.5) is 0 Å². The highest BCUT2D eigenvalue weighted by atomic mass is 35.5. The summed E-state index contributed by atoms with van der Waals surface area (Å²) in [5, 5.41) is 0. The highest BCUT2D eigenvalue weighted by Crippen LogP contribution is 2.15. The van der Waals surface area contributed by atoms with Crippen LogP contribution in [0.15, 0.2) is 30.3 Å². The maximum absolute atomic E-state index is 5.98. The minimum absolute atomic E-state index is 0. The summed E-state index contributed by atoms with van der Waals surface area (Å²) < 4.78 is 0. The molecule has 0 saturated heterocycles. The lowest BCUT2D eigenvalue weighted by Crippen LogP contribution is -2.09. The van der Waals surface area contributed by atoms with Gasteiger partial charge in [-0.05, 0) is 12.0 Å². The molecule has 0 aliphatic rings.